The molecule has 0 aliphatic carbocycles. The number of rotatable bonds is 1. The zero-order valence-corrected chi connectivity index (χ0v) is 7.06. The summed E-state index contributed by atoms with van der Waals surface area (Å²) in [6, 6.07) is -0.113. The molecule has 4 atom stereocenters. The maximum atomic E-state index is 9.72. The lowest BCUT2D eigenvalue weighted by molar-refractivity contribution is -0.194. The van der Waals surface area contributed by atoms with Gasteiger partial charge in [-0.05, 0) is 0 Å². The van der Waals surface area contributed by atoms with Gasteiger partial charge in [-0.1, -0.05) is 0 Å². The molecular weight excluding hydrogens is 159 g/mol. The monoisotopic (exact) mass is 172 g/mol. The van der Waals surface area contributed by atoms with Crippen LogP contribution >= 0.6 is 0 Å². The van der Waals surface area contributed by atoms with Crippen LogP contribution in [-0.2, 0) is 9.47 Å². The van der Waals surface area contributed by atoms with E-state index in [1.807, 2.05) is 7.85 Å². The Labute approximate surface area is 71.9 Å². The van der Waals surface area contributed by atoms with Crippen LogP contribution in [0.2, 0.25) is 0 Å². The predicted octanol–water partition coefficient (Wildman–Crippen LogP) is -2.14. The molecule has 68 valence electrons. The van der Waals surface area contributed by atoms with Crippen LogP contribution < -0.4 is 0 Å². The minimum absolute atomic E-state index is 0.113. The van der Waals surface area contributed by atoms with E-state index >= 15 is 0 Å². The first kappa shape index (κ1) is 8.50. The Bertz CT molecular complexity index is 182. The normalized spacial score (nSPS) is 52.7. The van der Waals surface area contributed by atoms with Gasteiger partial charge < -0.3 is 19.7 Å². The Morgan fingerprint density at radius 3 is 2.50 bits per heavy atom. The van der Waals surface area contributed by atoms with Gasteiger partial charge in [0.25, 0.3) is 0 Å². The number of ether oxygens (including phenoxy) is 2. The van der Waals surface area contributed by atoms with E-state index in [-0.39, 0.29) is 12.6 Å². The van der Waals surface area contributed by atoms with Gasteiger partial charge in [0, 0.05) is 6.42 Å². The number of aliphatic hydroxyl groups excluding tert-OH is 2. The van der Waals surface area contributed by atoms with Crippen LogP contribution in [0.25, 0.3) is 0 Å². The first-order valence-electron chi connectivity index (χ1n) is 4.29. The molecule has 0 radical (unpaired) electrons. The molecular formula is C7H13BO4. The fourth-order valence-electron chi connectivity index (χ4n) is 2.04. The van der Waals surface area contributed by atoms with Crippen LogP contribution in [0.3, 0.4) is 0 Å². The summed E-state index contributed by atoms with van der Waals surface area (Å²) in [5.41, 5.74) is -0.520. The van der Waals surface area contributed by atoms with Crippen molar-refractivity contribution in [1.82, 2.24) is 0 Å². The highest BCUT2D eigenvalue weighted by Gasteiger charge is 2.58. The molecule has 0 aromatic rings. The fourth-order valence-corrected chi connectivity index (χ4v) is 2.04. The van der Waals surface area contributed by atoms with Gasteiger partial charge in [-0.25, -0.2) is 0 Å². The second kappa shape index (κ2) is 2.70. The Morgan fingerprint density at radius 1 is 1.58 bits per heavy atom. The molecule has 2 saturated heterocycles. The van der Waals surface area contributed by atoms with Crippen molar-refractivity contribution in [1.29, 1.82) is 0 Å². The second-order valence-corrected chi connectivity index (χ2v) is 3.50. The Hall–Kier alpha value is -0.0951. The van der Waals surface area contributed by atoms with Crippen molar-refractivity contribution in [3.05, 3.63) is 0 Å². The number of aliphatic hydroxyl groups is 2. The van der Waals surface area contributed by atoms with Crippen LogP contribution in [0.4, 0.5) is 0 Å². The summed E-state index contributed by atoms with van der Waals surface area (Å²) in [6.07, 6.45) is -0.321. The maximum absolute atomic E-state index is 9.72. The van der Waals surface area contributed by atoms with Gasteiger partial charge in [0.15, 0.2) is 0 Å². The van der Waals surface area contributed by atoms with Gasteiger partial charge in [0.2, 0.25) is 0 Å². The third-order valence-electron chi connectivity index (χ3n) is 2.96. The average molecular weight is 172 g/mol. The van der Waals surface area contributed by atoms with Crippen molar-refractivity contribution in [2.45, 2.75) is 30.2 Å². The molecule has 1 spiro atoms. The quantitative estimate of drug-likeness (QED) is 0.443. The molecule has 0 saturated carbocycles. The SMILES string of the molecule is BC1OC(CO)[C@@H](O)[C@]12CCO2. The van der Waals surface area contributed by atoms with Crippen LogP contribution in [-0.4, -0.2) is 55.1 Å². The molecule has 0 aromatic carbocycles. The standard InChI is InChI=1S/C7H13BO4/c8-6-7(1-2-11-7)5(10)4(3-9)12-6/h4-6,9-10H,1-3,8H2/t4?,5-,6?,7-/m1/s1. The summed E-state index contributed by atoms with van der Waals surface area (Å²) in [5, 5.41) is 18.6. The summed E-state index contributed by atoms with van der Waals surface area (Å²) in [5.74, 6) is 0. The van der Waals surface area contributed by atoms with Crippen molar-refractivity contribution in [2.24, 2.45) is 0 Å². The third kappa shape index (κ3) is 0.878. The molecule has 2 aliphatic rings. The van der Waals surface area contributed by atoms with Gasteiger partial charge >= 0.3 is 0 Å². The number of hydrogen-bond acceptors (Lipinski definition) is 4. The third-order valence-corrected chi connectivity index (χ3v) is 2.96. The fraction of sp³-hybridized carbons (Fsp3) is 1.00. The van der Waals surface area contributed by atoms with Crippen molar-refractivity contribution in [2.75, 3.05) is 13.2 Å². The van der Waals surface area contributed by atoms with E-state index in [4.69, 9.17) is 14.6 Å². The molecule has 0 amide bonds. The van der Waals surface area contributed by atoms with E-state index in [1.54, 1.807) is 0 Å². The summed E-state index contributed by atoms with van der Waals surface area (Å²) in [4.78, 5) is 0. The molecule has 4 nitrogen and oxygen atoms in total. The Morgan fingerprint density at radius 2 is 2.25 bits per heavy atom. The predicted molar refractivity (Wildman–Crippen MR) is 43.6 cm³/mol. The molecule has 2 fully saturated rings. The van der Waals surface area contributed by atoms with Gasteiger partial charge in [-0.2, -0.15) is 0 Å². The summed E-state index contributed by atoms with van der Waals surface area (Å²) < 4.78 is 10.7. The van der Waals surface area contributed by atoms with Gasteiger partial charge in [0.1, 0.15) is 25.7 Å². The van der Waals surface area contributed by atoms with Crippen molar-refractivity contribution >= 4 is 7.85 Å². The molecule has 5 heteroatoms. The van der Waals surface area contributed by atoms with Gasteiger partial charge in [0.05, 0.1) is 19.2 Å². The lowest BCUT2D eigenvalue weighted by atomic mass is 9.75. The number of hydrogen-bond donors (Lipinski definition) is 2. The highest BCUT2D eigenvalue weighted by molar-refractivity contribution is 6.12. The van der Waals surface area contributed by atoms with E-state index in [0.717, 1.165) is 6.42 Å². The zero-order chi connectivity index (χ0) is 8.77. The van der Waals surface area contributed by atoms with Crippen LogP contribution in [0, 0.1) is 0 Å². The van der Waals surface area contributed by atoms with Gasteiger partial charge in [-0.15, -0.1) is 0 Å². The van der Waals surface area contributed by atoms with E-state index in [9.17, 15) is 5.11 Å². The van der Waals surface area contributed by atoms with E-state index in [2.05, 4.69) is 0 Å². The minimum atomic E-state index is -0.675. The first-order chi connectivity index (χ1) is 5.70. The molecule has 12 heavy (non-hydrogen) atoms. The summed E-state index contributed by atoms with van der Waals surface area (Å²) in [6.45, 7) is 0.541. The topological polar surface area (TPSA) is 58.9 Å². The summed E-state index contributed by atoms with van der Waals surface area (Å²) in [7, 11) is 1.87. The lowest BCUT2D eigenvalue weighted by Crippen LogP contribution is -2.58. The van der Waals surface area contributed by atoms with Gasteiger partial charge in [-0.3, -0.25) is 0 Å². The van der Waals surface area contributed by atoms with Crippen molar-refractivity contribution in [3.8, 4) is 0 Å². The molecule has 0 aromatic heterocycles. The Kier molecular flexibility index (Phi) is 1.91. The van der Waals surface area contributed by atoms with Crippen molar-refractivity contribution < 1.29 is 19.7 Å². The van der Waals surface area contributed by atoms with E-state index in [1.165, 1.54) is 0 Å². The molecule has 2 heterocycles. The molecule has 2 aliphatic heterocycles. The molecule has 2 rings (SSSR count). The van der Waals surface area contributed by atoms with E-state index in [0.29, 0.717) is 6.61 Å². The largest absolute Gasteiger partial charge is 0.394 e. The lowest BCUT2D eigenvalue weighted by Gasteiger charge is -2.43. The smallest absolute Gasteiger partial charge is 0.143 e. The van der Waals surface area contributed by atoms with Crippen molar-refractivity contribution in [3.63, 3.8) is 0 Å². The molecule has 2 N–H and O–H groups in total. The summed E-state index contributed by atoms with van der Waals surface area (Å²) >= 11 is 0. The first-order valence-corrected chi connectivity index (χ1v) is 4.29. The Balaban J connectivity index is 2.14. The van der Waals surface area contributed by atoms with Crippen LogP contribution in [0.15, 0.2) is 0 Å². The van der Waals surface area contributed by atoms with Crippen LogP contribution in [0.1, 0.15) is 6.42 Å². The second-order valence-electron chi connectivity index (χ2n) is 3.50. The zero-order valence-electron chi connectivity index (χ0n) is 7.06. The minimum Gasteiger partial charge on any atom is -0.394 e. The van der Waals surface area contributed by atoms with E-state index < -0.39 is 17.8 Å². The average Bonchev–Trinajstić information content (AvgIpc) is 2.21. The maximum Gasteiger partial charge on any atom is 0.143 e. The molecule has 0 bridgehead atoms. The highest BCUT2D eigenvalue weighted by atomic mass is 16.6. The van der Waals surface area contributed by atoms with Crippen LogP contribution in [0.5, 0.6) is 0 Å². The molecule has 2 unspecified atom stereocenters. The highest BCUT2D eigenvalue weighted by Crippen LogP contribution is 2.41.